The molecule has 0 radical (unpaired) electrons. The second-order valence-electron chi connectivity index (χ2n) is 3.87. The first-order valence-electron chi connectivity index (χ1n) is 5.43. The average Bonchev–Trinajstić information content (AvgIpc) is 2.41. The van der Waals surface area contributed by atoms with Gasteiger partial charge in [0.2, 0.25) is 0 Å². The van der Waals surface area contributed by atoms with Gasteiger partial charge < -0.3 is 4.18 Å². The highest BCUT2D eigenvalue weighted by atomic mass is 32.2. The molecule has 2 rings (SSSR count). The Bertz CT molecular complexity index is 807. The number of halogens is 2. The molecule has 0 aromatic heterocycles. The summed E-state index contributed by atoms with van der Waals surface area (Å²) in [5.41, 5.74) is -0.368. The fourth-order valence-corrected chi connectivity index (χ4v) is 2.39. The van der Waals surface area contributed by atoms with E-state index in [1.54, 1.807) is 0 Å². The molecule has 9 heteroatoms. The van der Waals surface area contributed by atoms with Crippen LogP contribution in [0.25, 0.3) is 0 Å². The third-order valence-corrected chi connectivity index (χ3v) is 3.66. The van der Waals surface area contributed by atoms with E-state index in [0.717, 1.165) is 18.2 Å². The first-order chi connectivity index (χ1) is 9.79. The van der Waals surface area contributed by atoms with Crippen molar-refractivity contribution in [3.05, 3.63) is 64.2 Å². The Kier molecular flexibility index (Phi) is 3.85. The van der Waals surface area contributed by atoms with Crippen LogP contribution in [-0.4, -0.2) is 13.3 Å². The van der Waals surface area contributed by atoms with Crippen LogP contribution in [0, 0.1) is 21.7 Å². The van der Waals surface area contributed by atoms with Gasteiger partial charge in [0.05, 0.1) is 11.0 Å². The van der Waals surface area contributed by atoms with Crippen molar-refractivity contribution >= 4 is 15.8 Å². The van der Waals surface area contributed by atoms with Gasteiger partial charge in [-0.2, -0.15) is 8.42 Å². The van der Waals surface area contributed by atoms with Gasteiger partial charge in [-0.15, -0.1) is 0 Å². The predicted octanol–water partition coefficient (Wildman–Crippen LogP) is 2.64. The number of rotatable bonds is 4. The molecule has 0 fully saturated rings. The number of benzene rings is 2. The van der Waals surface area contributed by atoms with E-state index in [4.69, 9.17) is 0 Å². The van der Waals surface area contributed by atoms with Crippen LogP contribution in [0.15, 0.2) is 47.4 Å². The minimum absolute atomic E-state index is 0.311. The van der Waals surface area contributed by atoms with Crippen LogP contribution in [0.2, 0.25) is 0 Å². The molecule has 21 heavy (non-hydrogen) atoms. The first-order valence-corrected chi connectivity index (χ1v) is 6.84. The molecule has 6 nitrogen and oxygen atoms in total. The van der Waals surface area contributed by atoms with Gasteiger partial charge in [-0.25, -0.2) is 8.78 Å². The van der Waals surface area contributed by atoms with Crippen molar-refractivity contribution in [2.24, 2.45) is 0 Å². The van der Waals surface area contributed by atoms with Crippen molar-refractivity contribution in [1.29, 1.82) is 0 Å². The lowest BCUT2D eigenvalue weighted by molar-refractivity contribution is -0.384. The van der Waals surface area contributed by atoms with Gasteiger partial charge in [-0.05, 0) is 24.3 Å². The molecule has 0 saturated heterocycles. The van der Waals surface area contributed by atoms with Crippen LogP contribution in [0.1, 0.15) is 0 Å². The zero-order valence-electron chi connectivity index (χ0n) is 10.2. The molecule has 0 aliphatic rings. The van der Waals surface area contributed by atoms with E-state index < -0.39 is 31.6 Å². The highest BCUT2D eigenvalue weighted by Crippen LogP contribution is 2.23. The van der Waals surface area contributed by atoms with Crippen molar-refractivity contribution in [3.8, 4) is 5.75 Å². The predicted molar refractivity (Wildman–Crippen MR) is 67.3 cm³/mol. The summed E-state index contributed by atoms with van der Waals surface area (Å²) in [5, 5.41) is 10.6. The normalized spacial score (nSPS) is 11.1. The van der Waals surface area contributed by atoms with Crippen molar-refractivity contribution in [2.75, 3.05) is 0 Å². The maximum Gasteiger partial charge on any atom is 0.339 e. The number of nitrogens with zero attached hydrogens (tertiary/aromatic N) is 1. The van der Waals surface area contributed by atoms with Crippen molar-refractivity contribution in [2.45, 2.75) is 4.90 Å². The molecule has 0 aliphatic carbocycles. The van der Waals surface area contributed by atoms with Gasteiger partial charge in [0.25, 0.3) is 5.69 Å². The van der Waals surface area contributed by atoms with E-state index in [1.165, 1.54) is 12.1 Å². The van der Waals surface area contributed by atoms with Crippen LogP contribution in [-0.2, 0) is 10.1 Å². The molecule has 0 amide bonds. The number of nitro benzene ring substituents is 1. The number of nitro groups is 1. The maximum absolute atomic E-state index is 13.0. The molecule has 0 spiro atoms. The molecule has 0 unspecified atom stereocenters. The van der Waals surface area contributed by atoms with Crippen molar-refractivity contribution < 1.29 is 26.3 Å². The Morgan fingerprint density at radius 1 is 1.05 bits per heavy atom. The molecule has 2 aromatic rings. The molecule has 0 aliphatic heterocycles. The molecule has 110 valence electrons. The zero-order valence-corrected chi connectivity index (χ0v) is 11.0. The minimum atomic E-state index is -4.42. The molecule has 2 aromatic carbocycles. The summed E-state index contributed by atoms with van der Waals surface area (Å²) in [6.45, 7) is 0. The van der Waals surface area contributed by atoms with E-state index in [2.05, 4.69) is 4.18 Å². The highest BCUT2D eigenvalue weighted by Gasteiger charge is 2.20. The standard InChI is InChI=1S/C12H7F2NO5S/c13-11-5-4-10(7-12(11)14)21(18,19)20-9-3-1-2-8(6-9)15(16)17/h1-7H. The van der Waals surface area contributed by atoms with Crippen molar-refractivity contribution in [1.82, 2.24) is 0 Å². The van der Waals surface area contributed by atoms with E-state index in [1.807, 2.05) is 0 Å². The lowest BCUT2D eigenvalue weighted by Gasteiger charge is -2.07. The summed E-state index contributed by atoms with van der Waals surface area (Å²) in [5.74, 6) is -2.86. The third-order valence-electron chi connectivity index (χ3n) is 2.41. The molecule has 0 heterocycles. The maximum atomic E-state index is 13.0. The summed E-state index contributed by atoms with van der Waals surface area (Å²) in [4.78, 5) is 9.25. The van der Waals surface area contributed by atoms with Gasteiger partial charge in [-0.3, -0.25) is 10.1 Å². The van der Waals surface area contributed by atoms with Gasteiger partial charge in [0, 0.05) is 6.07 Å². The molecule has 0 bridgehead atoms. The number of hydrogen-bond donors (Lipinski definition) is 0. The van der Waals surface area contributed by atoms with Gasteiger partial charge in [0.1, 0.15) is 10.6 Å². The smallest absolute Gasteiger partial charge is 0.339 e. The van der Waals surface area contributed by atoms with Gasteiger partial charge >= 0.3 is 10.1 Å². The van der Waals surface area contributed by atoms with Crippen molar-refractivity contribution in [3.63, 3.8) is 0 Å². The lowest BCUT2D eigenvalue weighted by Crippen LogP contribution is -2.10. The second kappa shape index (κ2) is 5.44. The fourth-order valence-electron chi connectivity index (χ4n) is 1.46. The quantitative estimate of drug-likeness (QED) is 0.492. The summed E-state index contributed by atoms with van der Waals surface area (Å²) in [6.07, 6.45) is 0. The minimum Gasteiger partial charge on any atom is -0.379 e. The van der Waals surface area contributed by atoms with Crippen LogP contribution in [0.3, 0.4) is 0 Å². The third kappa shape index (κ3) is 3.31. The van der Waals surface area contributed by atoms with Crippen LogP contribution in [0.4, 0.5) is 14.5 Å². The Morgan fingerprint density at radius 2 is 1.76 bits per heavy atom. The molecular formula is C12H7F2NO5S. The van der Waals surface area contributed by atoms with Crippen LogP contribution >= 0.6 is 0 Å². The Morgan fingerprint density at radius 3 is 2.38 bits per heavy atom. The molecule has 0 atom stereocenters. The summed E-state index contributed by atoms with van der Waals surface area (Å²) < 4.78 is 54.2. The molecule has 0 saturated carbocycles. The average molecular weight is 315 g/mol. The molecular weight excluding hydrogens is 308 g/mol. The first kappa shape index (κ1) is 14.9. The Labute approximate surface area is 117 Å². The fraction of sp³-hybridized carbons (Fsp3) is 0. The topological polar surface area (TPSA) is 86.5 Å². The zero-order chi connectivity index (χ0) is 15.6. The van der Waals surface area contributed by atoms with E-state index in [0.29, 0.717) is 12.1 Å². The lowest BCUT2D eigenvalue weighted by atomic mass is 10.3. The van der Waals surface area contributed by atoms with E-state index >= 15 is 0 Å². The van der Waals surface area contributed by atoms with E-state index in [-0.39, 0.29) is 11.4 Å². The monoisotopic (exact) mass is 315 g/mol. The van der Waals surface area contributed by atoms with Gasteiger partial charge in [-0.1, -0.05) is 6.07 Å². The Balaban J connectivity index is 2.35. The summed E-state index contributed by atoms with van der Waals surface area (Å²) >= 11 is 0. The largest absolute Gasteiger partial charge is 0.379 e. The SMILES string of the molecule is O=[N+]([O-])c1cccc(OS(=O)(=O)c2ccc(F)c(F)c2)c1. The molecule has 0 N–H and O–H groups in total. The summed E-state index contributed by atoms with van der Waals surface area (Å²) in [6, 6.07) is 6.39. The Hall–Kier alpha value is -2.55. The second-order valence-corrected chi connectivity index (χ2v) is 5.41. The number of non-ortho nitro benzene ring substituents is 1. The highest BCUT2D eigenvalue weighted by molar-refractivity contribution is 7.87. The summed E-state index contributed by atoms with van der Waals surface area (Å²) in [7, 11) is -4.42. The van der Waals surface area contributed by atoms with Crippen LogP contribution in [0.5, 0.6) is 5.75 Å². The number of hydrogen-bond acceptors (Lipinski definition) is 5. The van der Waals surface area contributed by atoms with Crippen LogP contribution < -0.4 is 4.18 Å². The van der Waals surface area contributed by atoms with Gasteiger partial charge in [0.15, 0.2) is 11.6 Å². The van der Waals surface area contributed by atoms with E-state index in [9.17, 15) is 27.3 Å².